The summed E-state index contributed by atoms with van der Waals surface area (Å²) in [6.07, 6.45) is -11.1. The molecule has 0 saturated carbocycles. The molecule has 0 bridgehead atoms. The van der Waals surface area contributed by atoms with Crippen LogP contribution in [0.1, 0.15) is 34.3 Å². The van der Waals surface area contributed by atoms with E-state index in [1.165, 1.54) is 0 Å². The Balaban J connectivity index is 1.94. The predicted molar refractivity (Wildman–Crippen MR) is 112 cm³/mol. The lowest BCUT2D eigenvalue weighted by Crippen LogP contribution is -2.49. The minimum absolute atomic E-state index is 0.0777. The van der Waals surface area contributed by atoms with Gasteiger partial charge in [0, 0.05) is 25.3 Å². The number of amides is 1. The quantitative estimate of drug-likeness (QED) is 0.489. The first-order valence-electron chi connectivity index (χ1n) is 10.3. The molecule has 1 atom stereocenters. The van der Waals surface area contributed by atoms with E-state index in [1.807, 2.05) is 0 Å². The van der Waals surface area contributed by atoms with Gasteiger partial charge in [0.2, 0.25) is 0 Å². The fourth-order valence-electron chi connectivity index (χ4n) is 3.63. The Labute approximate surface area is 201 Å². The van der Waals surface area contributed by atoms with Crippen molar-refractivity contribution in [2.24, 2.45) is 0 Å². The van der Waals surface area contributed by atoms with Gasteiger partial charge in [-0.15, -0.1) is 0 Å². The molecule has 1 saturated heterocycles. The van der Waals surface area contributed by atoms with Crippen molar-refractivity contribution in [3.05, 3.63) is 52.8 Å². The van der Waals surface area contributed by atoms with Gasteiger partial charge in [-0.25, -0.2) is 12.8 Å². The predicted octanol–water partition coefficient (Wildman–Crippen LogP) is 4.83. The number of ether oxygens (including phenoxy) is 2. The molecule has 2 aromatic carbocycles. The van der Waals surface area contributed by atoms with E-state index in [0.29, 0.717) is 19.1 Å². The van der Waals surface area contributed by atoms with Crippen LogP contribution in [0.2, 0.25) is 0 Å². The first kappa shape index (κ1) is 27.6. The summed E-state index contributed by atoms with van der Waals surface area (Å²) in [5.74, 6) is -3.89. The third-order valence-electron chi connectivity index (χ3n) is 5.60. The third kappa shape index (κ3) is 5.52. The second-order valence-corrected chi connectivity index (χ2v) is 10.2. The molecule has 1 aliphatic rings. The molecule has 0 aliphatic carbocycles. The fraction of sp³-hybridized carbons (Fsp3) is 0.409. The van der Waals surface area contributed by atoms with Crippen molar-refractivity contribution in [2.75, 3.05) is 26.5 Å². The van der Waals surface area contributed by atoms with Crippen molar-refractivity contribution in [3.63, 3.8) is 0 Å². The molecule has 3 rings (SSSR count). The van der Waals surface area contributed by atoms with Crippen molar-refractivity contribution in [2.45, 2.75) is 36.2 Å². The summed E-state index contributed by atoms with van der Waals surface area (Å²) in [5.41, 5.74) is -1.84. The van der Waals surface area contributed by atoms with Crippen molar-refractivity contribution >= 4 is 15.7 Å². The van der Waals surface area contributed by atoms with Gasteiger partial charge in [0.05, 0.1) is 12.7 Å². The Hall–Kier alpha value is -3.03. The van der Waals surface area contributed by atoms with E-state index in [0.717, 1.165) is 36.5 Å². The smallest absolute Gasteiger partial charge is 0.425 e. The Bertz CT molecular complexity index is 1270. The van der Waals surface area contributed by atoms with Gasteiger partial charge >= 0.3 is 12.4 Å². The van der Waals surface area contributed by atoms with E-state index in [1.54, 1.807) is 0 Å². The van der Waals surface area contributed by atoms with Crippen molar-refractivity contribution in [1.82, 2.24) is 4.90 Å². The summed E-state index contributed by atoms with van der Waals surface area (Å²) >= 11 is 0. The number of benzene rings is 2. The van der Waals surface area contributed by atoms with Crippen molar-refractivity contribution in [1.29, 1.82) is 0 Å². The van der Waals surface area contributed by atoms with Crippen molar-refractivity contribution < 1.29 is 53.4 Å². The van der Waals surface area contributed by atoms with Gasteiger partial charge in [-0.05, 0) is 36.8 Å². The van der Waals surface area contributed by atoms with E-state index >= 15 is 0 Å². The topological polar surface area (TPSA) is 72.9 Å². The highest BCUT2D eigenvalue weighted by Crippen LogP contribution is 2.40. The number of sulfone groups is 1. The van der Waals surface area contributed by atoms with Crippen LogP contribution in [-0.2, 0) is 16.0 Å². The zero-order valence-electron chi connectivity index (χ0n) is 19.0. The van der Waals surface area contributed by atoms with Crippen LogP contribution >= 0.6 is 0 Å². The maximum atomic E-state index is 14.3. The van der Waals surface area contributed by atoms with Crippen LogP contribution < -0.4 is 9.47 Å². The van der Waals surface area contributed by atoms with Crippen LogP contribution in [0.4, 0.5) is 30.7 Å². The zero-order valence-corrected chi connectivity index (χ0v) is 19.8. The monoisotopic (exact) mass is 543 g/mol. The van der Waals surface area contributed by atoms with Crippen LogP contribution in [0.5, 0.6) is 11.5 Å². The number of hydrogen-bond donors (Lipinski definition) is 0. The molecule has 14 heteroatoms. The number of carbonyl (C=O) groups is 1. The molecule has 0 spiro atoms. The van der Waals surface area contributed by atoms with Gasteiger partial charge < -0.3 is 14.4 Å². The molecular formula is C22H20F7NO5S. The Morgan fingerprint density at radius 3 is 2.17 bits per heavy atom. The van der Waals surface area contributed by atoms with Crippen molar-refractivity contribution in [3.8, 4) is 11.5 Å². The Kier molecular flexibility index (Phi) is 7.23. The summed E-state index contributed by atoms with van der Waals surface area (Å²) in [6.45, 7) is 0.307. The number of rotatable bonds is 6. The summed E-state index contributed by atoms with van der Waals surface area (Å²) in [4.78, 5) is 13.8. The summed E-state index contributed by atoms with van der Waals surface area (Å²) < 4.78 is 126. The van der Waals surface area contributed by atoms with Crippen LogP contribution in [0.3, 0.4) is 0 Å². The van der Waals surface area contributed by atoms with E-state index in [9.17, 15) is 43.9 Å². The number of alkyl halides is 6. The van der Waals surface area contributed by atoms with Crippen LogP contribution in [0.15, 0.2) is 35.2 Å². The molecular weight excluding hydrogens is 523 g/mol. The van der Waals surface area contributed by atoms with Gasteiger partial charge in [-0.1, -0.05) is 6.07 Å². The number of nitrogens with zero attached hydrogens (tertiary/aromatic N) is 1. The molecule has 36 heavy (non-hydrogen) atoms. The molecule has 6 nitrogen and oxygen atoms in total. The van der Waals surface area contributed by atoms with Gasteiger partial charge in [-0.3, -0.25) is 4.79 Å². The summed E-state index contributed by atoms with van der Waals surface area (Å²) in [5, 5.41) is 0. The van der Waals surface area contributed by atoms with Crippen LogP contribution in [-0.4, -0.2) is 58.0 Å². The minimum atomic E-state index is -4.80. The third-order valence-corrected chi connectivity index (χ3v) is 6.72. The van der Waals surface area contributed by atoms with Crippen LogP contribution in [0, 0.1) is 5.82 Å². The highest BCUT2D eigenvalue weighted by molar-refractivity contribution is 7.90. The average molecular weight is 543 g/mol. The lowest BCUT2D eigenvalue weighted by Gasteiger charge is -2.40. The molecule has 1 fully saturated rings. The van der Waals surface area contributed by atoms with E-state index in [2.05, 4.69) is 0 Å². The first-order valence-corrected chi connectivity index (χ1v) is 12.1. The fourth-order valence-corrected chi connectivity index (χ4v) is 4.47. The first-order chi connectivity index (χ1) is 16.4. The van der Waals surface area contributed by atoms with E-state index in [-0.39, 0.29) is 18.7 Å². The highest BCUT2D eigenvalue weighted by atomic mass is 32.2. The number of carbonyl (C=O) groups excluding carboxylic acids is 1. The molecule has 0 aromatic heterocycles. The maximum absolute atomic E-state index is 14.3. The second-order valence-electron chi connectivity index (χ2n) is 8.19. The van der Waals surface area contributed by atoms with E-state index < -0.39 is 73.5 Å². The molecule has 2 aromatic rings. The molecule has 1 aliphatic heterocycles. The molecule has 1 amide bonds. The minimum Gasteiger partial charge on any atom is -0.494 e. The summed E-state index contributed by atoms with van der Waals surface area (Å²) in [6, 6.07) is 3.84. The summed E-state index contributed by atoms with van der Waals surface area (Å²) in [7, 11) is -2.96. The molecule has 1 heterocycles. The van der Waals surface area contributed by atoms with Gasteiger partial charge in [-0.2, -0.15) is 26.3 Å². The number of hydrogen-bond acceptors (Lipinski definition) is 5. The number of methoxy groups -OCH3 is 1. The lowest BCUT2D eigenvalue weighted by molar-refractivity contribution is -0.189. The normalized spacial score (nSPS) is 15.9. The SMILES string of the molecule is COc1c(S(C)(=O)=O)ccc(O[C@H](C)C(F)(F)F)c1C(=O)N1CC(c2ccc(C(F)(F)F)cc2F)C1. The lowest BCUT2D eigenvalue weighted by atomic mass is 9.89. The number of halogens is 7. The molecule has 198 valence electrons. The highest BCUT2D eigenvalue weighted by Gasteiger charge is 2.42. The Morgan fingerprint density at radius 2 is 1.69 bits per heavy atom. The molecule has 0 N–H and O–H groups in total. The molecule has 0 radical (unpaired) electrons. The van der Waals surface area contributed by atoms with Gasteiger partial charge in [0.1, 0.15) is 22.0 Å². The second kappa shape index (κ2) is 9.45. The van der Waals surface area contributed by atoms with E-state index in [4.69, 9.17) is 9.47 Å². The number of likely N-dealkylation sites (tertiary alicyclic amines) is 1. The standard InChI is InChI=1S/C22H20F7NO5S/c1-11(21(24,25)26)35-16-6-7-17(36(3,32)33)19(34-2)18(16)20(31)30-9-12(10-30)14-5-4-13(8-15(14)23)22(27,28)29/h4-8,11-12H,9-10H2,1-3H3/t11-/m1/s1. The largest absolute Gasteiger partial charge is 0.494 e. The maximum Gasteiger partial charge on any atom is 0.425 e. The molecule has 0 unspecified atom stereocenters. The average Bonchev–Trinajstić information content (AvgIpc) is 2.70. The van der Waals surface area contributed by atoms with Gasteiger partial charge in [0.25, 0.3) is 5.91 Å². The zero-order chi connectivity index (χ0) is 27.2. The van der Waals surface area contributed by atoms with Gasteiger partial charge in [0.15, 0.2) is 21.7 Å². The Morgan fingerprint density at radius 1 is 1.08 bits per heavy atom. The van der Waals surface area contributed by atoms with Crippen LogP contribution in [0.25, 0.3) is 0 Å².